The number of hydrogen-bond donors (Lipinski definition) is 0. The van der Waals surface area contributed by atoms with Crippen LogP contribution in [0.25, 0.3) is 0 Å². The standard InChI is InChI=1S/C10H14O4/c1-13-9(12)7-2-3-10(8(7)11)4-5-14-6-10/h7H,2-6H2,1H3. The highest BCUT2D eigenvalue weighted by Gasteiger charge is 2.52. The first kappa shape index (κ1) is 9.65. The zero-order valence-electron chi connectivity index (χ0n) is 8.25. The van der Waals surface area contributed by atoms with Crippen molar-refractivity contribution in [3.05, 3.63) is 0 Å². The fourth-order valence-corrected chi connectivity index (χ4v) is 2.41. The summed E-state index contributed by atoms with van der Waals surface area (Å²) in [4.78, 5) is 23.2. The molecule has 1 saturated heterocycles. The summed E-state index contributed by atoms with van der Waals surface area (Å²) in [5.74, 6) is -0.901. The third-order valence-corrected chi connectivity index (χ3v) is 3.34. The lowest BCUT2D eigenvalue weighted by Crippen LogP contribution is -2.32. The van der Waals surface area contributed by atoms with E-state index in [4.69, 9.17) is 4.74 Å². The summed E-state index contributed by atoms with van der Waals surface area (Å²) < 4.78 is 9.85. The van der Waals surface area contributed by atoms with Gasteiger partial charge in [-0.1, -0.05) is 0 Å². The van der Waals surface area contributed by atoms with Crippen LogP contribution in [0.2, 0.25) is 0 Å². The van der Waals surface area contributed by atoms with Crippen molar-refractivity contribution in [2.75, 3.05) is 20.3 Å². The van der Waals surface area contributed by atoms with Crippen LogP contribution in [0.5, 0.6) is 0 Å². The molecule has 4 nitrogen and oxygen atoms in total. The Hall–Kier alpha value is -0.900. The molecule has 1 heterocycles. The summed E-state index contributed by atoms with van der Waals surface area (Å²) in [7, 11) is 1.33. The maximum atomic E-state index is 11.9. The molecule has 1 aliphatic heterocycles. The van der Waals surface area contributed by atoms with Gasteiger partial charge in [0.15, 0.2) is 5.78 Å². The third-order valence-electron chi connectivity index (χ3n) is 3.34. The third kappa shape index (κ3) is 1.25. The Morgan fingerprint density at radius 3 is 2.93 bits per heavy atom. The number of esters is 1. The highest BCUT2D eigenvalue weighted by molar-refractivity contribution is 6.03. The number of Topliss-reactive ketones (excluding diaryl/α,β-unsaturated/α-hetero) is 1. The minimum atomic E-state index is -0.540. The molecule has 2 atom stereocenters. The summed E-state index contributed by atoms with van der Waals surface area (Å²) in [6, 6.07) is 0. The Balaban J connectivity index is 2.14. The quantitative estimate of drug-likeness (QED) is 0.456. The maximum absolute atomic E-state index is 11.9. The summed E-state index contributed by atoms with van der Waals surface area (Å²) in [5.41, 5.74) is -0.362. The van der Waals surface area contributed by atoms with Crippen LogP contribution in [0, 0.1) is 11.3 Å². The van der Waals surface area contributed by atoms with Crippen LogP contribution < -0.4 is 0 Å². The second-order valence-electron chi connectivity index (χ2n) is 4.06. The topological polar surface area (TPSA) is 52.6 Å². The number of methoxy groups -OCH3 is 1. The molecule has 0 bridgehead atoms. The highest BCUT2D eigenvalue weighted by atomic mass is 16.5. The summed E-state index contributed by atoms with van der Waals surface area (Å²) >= 11 is 0. The number of carbonyl (C=O) groups is 2. The van der Waals surface area contributed by atoms with Crippen molar-refractivity contribution in [3.63, 3.8) is 0 Å². The van der Waals surface area contributed by atoms with E-state index in [-0.39, 0.29) is 11.2 Å². The molecule has 1 spiro atoms. The first-order chi connectivity index (χ1) is 6.69. The van der Waals surface area contributed by atoms with Crippen LogP contribution in [0.15, 0.2) is 0 Å². The van der Waals surface area contributed by atoms with Crippen molar-refractivity contribution in [3.8, 4) is 0 Å². The fourth-order valence-electron chi connectivity index (χ4n) is 2.41. The fraction of sp³-hybridized carbons (Fsp3) is 0.800. The number of carbonyl (C=O) groups excluding carboxylic acids is 2. The number of ketones is 1. The molecule has 0 amide bonds. The molecule has 0 N–H and O–H groups in total. The van der Waals surface area contributed by atoms with Gasteiger partial charge in [-0.15, -0.1) is 0 Å². The van der Waals surface area contributed by atoms with E-state index in [0.717, 1.165) is 12.8 Å². The minimum Gasteiger partial charge on any atom is -0.468 e. The van der Waals surface area contributed by atoms with Crippen LogP contribution >= 0.6 is 0 Å². The molecular weight excluding hydrogens is 184 g/mol. The van der Waals surface area contributed by atoms with E-state index in [1.807, 2.05) is 0 Å². The zero-order chi connectivity index (χ0) is 10.2. The zero-order valence-corrected chi connectivity index (χ0v) is 8.25. The van der Waals surface area contributed by atoms with Gasteiger partial charge in [-0.3, -0.25) is 9.59 Å². The Morgan fingerprint density at radius 1 is 1.57 bits per heavy atom. The van der Waals surface area contributed by atoms with Crippen LogP contribution in [-0.2, 0) is 19.1 Å². The van der Waals surface area contributed by atoms with Gasteiger partial charge >= 0.3 is 5.97 Å². The first-order valence-electron chi connectivity index (χ1n) is 4.89. The van der Waals surface area contributed by atoms with Crippen molar-refractivity contribution in [2.45, 2.75) is 19.3 Å². The Kier molecular flexibility index (Phi) is 2.31. The van der Waals surface area contributed by atoms with Gasteiger partial charge in [0.25, 0.3) is 0 Å². The van der Waals surface area contributed by atoms with E-state index < -0.39 is 11.9 Å². The van der Waals surface area contributed by atoms with E-state index in [0.29, 0.717) is 19.6 Å². The molecule has 2 rings (SSSR count). The van der Waals surface area contributed by atoms with Gasteiger partial charge in [-0.2, -0.15) is 0 Å². The van der Waals surface area contributed by atoms with E-state index in [1.165, 1.54) is 7.11 Å². The van der Waals surface area contributed by atoms with Crippen molar-refractivity contribution >= 4 is 11.8 Å². The molecule has 1 saturated carbocycles. The minimum absolute atomic E-state index is 0.0295. The molecule has 0 aromatic heterocycles. The normalized spacial score (nSPS) is 36.6. The Bertz CT molecular complexity index is 265. The Morgan fingerprint density at radius 2 is 2.36 bits per heavy atom. The molecule has 0 radical (unpaired) electrons. The van der Waals surface area contributed by atoms with E-state index >= 15 is 0 Å². The summed E-state index contributed by atoms with van der Waals surface area (Å²) in [6.45, 7) is 1.12. The van der Waals surface area contributed by atoms with Crippen molar-refractivity contribution in [2.24, 2.45) is 11.3 Å². The van der Waals surface area contributed by atoms with E-state index in [2.05, 4.69) is 4.74 Å². The predicted molar refractivity (Wildman–Crippen MR) is 47.6 cm³/mol. The van der Waals surface area contributed by atoms with Gasteiger partial charge in [0.1, 0.15) is 5.92 Å². The molecular formula is C10H14O4. The molecule has 14 heavy (non-hydrogen) atoms. The van der Waals surface area contributed by atoms with Gasteiger partial charge in [0, 0.05) is 6.61 Å². The van der Waals surface area contributed by atoms with Crippen LogP contribution in [0.3, 0.4) is 0 Å². The van der Waals surface area contributed by atoms with Crippen LogP contribution in [0.1, 0.15) is 19.3 Å². The van der Waals surface area contributed by atoms with Gasteiger partial charge in [0.05, 0.1) is 19.1 Å². The van der Waals surface area contributed by atoms with Crippen molar-refractivity contribution < 1.29 is 19.1 Å². The SMILES string of the molecule is COC(=O)C1CCC2(CCOC2)C1=O. The second-order valence-corrected chi connectivity index (χ2v) is 4.06. The Labute approximate surface area is 82.6 Å². The smallest absolute Gasteiger partial charge is 0.316 e. The average molecular weight is 198 g/mol. The summed E-state index contributed by atoms with van der Waals surface area (Å²) in [5, 5.41) is 0. The van der Waals surface area contributed by atoms with Gasteiger partial charge in [-0.05, 0) is 19.3 Å². The van der Waals surface area contributed by atoms with Gasteiger partial charge < -0.3 is 9.47 Å². The van der Waals surface area contributed by atoms with Gasteiger partial charge in [-0.25, -0.2) is 0 Å². The van der Waals surface area contributed by atoms with Crippen molar-refractivity contribution in [1.82, 2.24) is 0 Å². The number of rotatable bonds is 1. The lowest BCUT2D eigenvalue weighted by molar-refractivity contribution is -0.149. The van der Waals surface area contributed by atoms with Crippen LogP contribution in [-0.4, -0.2) is 32.1 Å². The molecule has 2 fully saturated rings. The van der Waals surface area contributed by atoms with E-state index in [9.17, 15) is 9.59 Å². The van der Waals surface area contributed by atoms with E-state index in [1.54, 1.807) is 0 Å². The molecule has 2 aliphatic rings. The molecule has 2 unspecified atom stereocenters. The largest absolute Gasteiger partial charge is 0.468 e. The van der Waals surface area contributed by atoms with Gasteiger partial charge in [0.2, 0.25) is 0 Å². The second kappa shape index (κ2) is 3.35. The predicted octanol–water partition coefficient (Wildman–Crippen LogP) is 0.545. The lowest BCUT2D eigenvalue weighted by Gasteiger charge is -2.18. The average Bonchev–Trinajstić information content (AvgIpc) is 2.78. The van der Waals surface area contributed by atoms with Crippen LogP contribution in [0.4, 0.5) is 0 Å². The molecule has 78 valence electrons. The first-order valence-corrected chi connectivity index (χ1v) is 4.89. The molecule has 4 heteroatoms. The monoisotopic (exact) mass is 198 g/mol. The summed E-state index contributed by atoms with van der Waals surface area (Å²) in [6.07, 6.45) is 2.15. The number of ether oxygens (including phenoxy) is 2. The molecule has 0 aromatic carbocycles. The lowest BCUT2D eigenvalue weighted by atomic mass is 9.83. The maximum Gasteiger partial charge on any atom is 0.316 e. The molecule has 0 aromatic rings. The highest BCUT2D eigenvalue weighted by Crippen LogP contribution is 2.44. The molecule has 1 aliphatic carbocycles. The number of hydrogen-bond acceptors (Lipinski definition) is 4. The van der Waals surface area contributed by atoms with Crippen molar-refractivity contribution in [1.29, 1.82) is 0 Å².